The van der Waals surface area contributed by atoms with E-state index in [0.717, 1.165) is 25.2 Å². The van der Waals surface area contributed by atoms with Gasteiger partial charge in [0, 0.05) is 25.3 Å². The van der Waals surface area contributed by atoms with Crippen molar-refractivity contribution in [2.75, 3.05) is 18.5 Å². The fraction of sp³-hybridized carbons (Fsp3) is 0.571. The van der Waals surface area contributed by atoms with Gasteiger partial charge in [0.15, 0.2) is 0 Å². The van der Waals surface area contributed by atoms with Gasteiger partial charge in [-0.2, -0.15) is 0 Å². The predicted octanol–water partition coefficient (Wildman–Crippen LogP) is 2.68. The molecular weight excluding hydrogens is 226 g/mol. The van der Waals surface area contributed by atoms with Crippen molar-refractivity contribution in [3.8, 4) is 0 Å². The molecule has 2 amide bonds. The van der Waals surface area contributed by atoms with Gasteiger partial charge >= 0.3 is 6.03 Å². The number of pyridine rings is 1. The Kier molecular flexibility index (Phi) is 3.28. The Labute approximate surface area is 109 Å². The molecule has 4 heteroatoms. The second kappa shape index (κ2) is 4.59. The molecule has 0 saturated carbocycles. The molecule has 0 aromatic carbocycles. The third kappa shape index (κ3) is 2.19. The van der Waals surface area contributed by atoms with Crippen LogP contribution in [0.4, 0.5) is 10.6 Å². The van der Waals surface area contributed by atoms with Crippen molar-refractivity contribution in [1.29, 1.82) is 0 Å². The number of carbonyl (C=O) groups excluding carboxylic acids is 1. The molecule has 1 aromatic rings. The number of hydrogen-bond donors (Lipinski definition) is 0. The third-order valence-electron chi connectivity index (χ3n) is 3.87. The van der Waals surface area contributed by atoms with Crippen LogP contribution in [0.5, 0.6) is 0 Å². The Morgan fingerprint density at radius 1 is 1.39 bits per heavy atom. The first-order valence-corrected chi connectivity index (χ1v) is 6.46. The van der Waals surface area contributed by atoms with Crippen LogP contribution in [-0.2, 0) is 6.42 Å². The second-order valence-electron chi connectivity index (χ2n) is 5.43. The Morgan fingerprint density at radius 2 is 2.11 bits per heavy atom. The first-order chi connectivity index (χ1) is 8.45. The summed E-state index contributed by atoms with van der Waals surface area (Å²) >= 11 is 0. The van der Waals surface area contributed by atoms with Gasteiger partial charge in [-0.05, 0) is 38.3 Å². The van der Waals surface area contributed by atoms with Crippen LogP contribution in [0.25, 0.3) is 0 Å². The van der Waals surface area contributed by atoms with Gasteiger partial charge in [-0.3, -0.25) is 4.90 Å². The molecule has 2 rings (SSSR count). The second-order valence-corrected chi connectivity index (χ2v) is 5.43. The fourth-order valence-electron chi connectivity index (χ4n) is 2.09. The maximum absolute atomic E-state index is 12.3. The highest BCUT2D eigenvalue weighted by Crippen LogP contribution is 2.27. The van der Waals surface area contributed by atoms with E-state index in [1.165, 1.54) is 5.56 Å². The van der Waals surface area contributed by atoms with E-state index in [4.69, 9.17) is 0 Å². The minimum Gasteiger partial charge on any atom is -0.322 e. The van der Waals surface area contributed by atoms with E-state index in [0.29, 0.717) is 0 Å². The van der Waals surface area contributed by atoms with Gasteiger partial charge < -0.3 is 4.90 Å². The van der Waals surface area contributed by atoms with Crippen LogP contribution in [0.15, 0.2) is 18.3 Å². The normalized spacial score (nSPS) is 19.2. The maximum Gasteiger partial charge on any atom is 0.325 e. The van der Waals surface area contributed by atoms with Crippen LogP contribution in [-0.4, -0.2) is 35.0 Å². The van der Waals surface area contributed by atoms with Crippen LogP contribution >= 0.6 is 0 Å². The Bertz CT molecular complexity index is 439. The van der Waals surface area contributed by atoms with E-state index in [2.05, 4.69) is 25.8 Å². The van der Waals surface area contributed by atoms with Gasteiger partial charge in [0.1, 0.15) is 5.82 Å². The molecule has 0 unspecified atom stereocenters. The summed E-state index contributed by atoms with van der Waals surface area (Å²) in [7, 11) is 1.86. The van der Waals surface area contributed by atoms with Crippen LogP contribution in [0.3, 0.4) is 0 Å². The SMILES string of the molecule is CCc1ccc(N2CCC(C)(C)N(C)C2=O)nc1. The zero-order valence-corrected chi connectivity index (χ0v) is 11.6. The topological polar surface area (TPSA) is 36.4 Å². The quantitative estimate of drug-likeness (QED) is 0.805. The van der Waals surface area contributed by atoms with Crippen molar-refractivity contribution >= 4 is 11.8 Å². The van der Waals surface area contributed by atoms with Crippen LogP contribution < -0.4 is 4.90 Å². The van der Waals surface area contributed by atoms with Crippen molar-refractivity contribution in [2.45, 2.75) is 39.2 Å². The van der Waals surface area contributed by atoms with E-state index in [9.17, 15) is 4.79 Å². The van der Waals surface area contributed by atoms with E-state index < -0.39 is 0 Å². The molecule has 98 valence electrons. The molecule has 1 aromatic heterocycles. The fourth-order valence-corrected chi connectivity index (χ4v) is 2.09. The summed E-state index contributed by atoms with van der Waals surface area (Å²) in [6.07, 6.45) is 3.77. The molecule has 0 bridgehead atoms. The summed E-state index contributed by atoms with van der Waals surface area (Å²) in [5.74, 6) is 0.750. The molecule has 0 N–H and O–H groups in total. The number of aromatic nitrogens is 1. The van der Waals surface area contributed by atoms with Crippen molar-refractivity contribution < 1.29 is 4.79 Å². The third-order valence-corrected chi connectivity index (χ3v) is 3.87. The lowest BCUT2D eigenvalue weighted by Gasteiger charge is -2.44. The van der Waals surface area contributed by atoms with E-state index in [-0.39, 0.29) is 11.6 Å². The highest BCUT2D eigenvalue weighted by molar-refractivity contribution is 5.92. The van der Waals surface area contributed by atoms with E-state index in [1.54, 1.807) is 9.80 Å². The standard InChI is InChI=1S/C14H21N3O/c1-5-11-6-7-12(15-10-11)17-9-8-14(2,3)16(4)13(17)18/h6-7,10H,5,8-9H2,1-4H3. The largest absolute Gasteiger partial charge is 0.325 e. The van der Waals surface area contributed by atoms with Crippen LogP contribution in [0.1, 0.15) is 32.8 Å². The molecule has 18 heavy (non-hydrogen) atoms. The predicted molar refractivity (Wildman–Crippen MR) is 72.8 cm³/mol. The average molecular weight is 247 g/mol. The molecule has 4 nitrogen and oxygen atoms in total. The van der Waals surface area contributed by atoms with Crippen LogP contribution in [0, 0.1) is 0 Å². The molecule has 1 fully saturated rings. The smallest absolute Gasteiger partial charge is 0.322 e. The highest BCUT2D eigenvalue weighted by atomic mass is 16.2. The van der Waals surface area contributed by atoms with Gasteiger partial charge in [0.2, 0.25) is 0 Å². The zero-order valence-electron chi connectivity index (χ0n) is 11.6. The minimum absolute atomic E-state index is 0.0306. The Balaban J connectivity index is 2.21. The summed E-state index contributed by atoms with van der Waals surface area (Å²) < 4.78 is 0. The molecule has 0 spiro atoms. The van der Waals surface area contributed by atoms with Crippen molar-refractivity contribution in [2.24, 2.45) is 0 Å². The van der Waals surface area contributed by atoms with Gasteiger partial charge in [-0.1, -0.05) is 13.0 Å². The maximum atomic E-state index is 12.3. The number of amides is 2. The molecule has 2 heterocycles. The van der Waals surface area contributed by atoms with Crippen molar-refractivity contribution in [3.63, 3.8) is 0 Å². The average Bonchev–Trinajstić information content (AvgIpc) is 2.37. The molecule has 0 aliphatic carbocycles. The summed E-state index contributed by atoms with van der Waals surface area (Å²) in [5.41, 5.74) is 1.12. The zero-order chi connectivity index (χ0) is 13.3. The van der Waals surface area contributed by atoms with E-state index in [1.807, 2.05) is 25.4 Å². The number of carbonyl (C=O) groups is 1. The number of urea groups is 1. The molecule has 0 atom stereocenters. The lowest BCUT2D eigenvalue weighted by molar-refractivity contribution is 0.140. The number of hydrogen-bond acceptors (Lipinski definition) is 2. The number of aryl methyl sites for hydroxylation is 1. The lowest BCUT2D eigenvalue weighted by Crippen LogP contribution is -2.57. The summed E-state index contributed by atoms with van der Waals surface area (Å²) in [6, 6.07) is 4.00. The van der Waals surface area contributed by atoms with Gasteiger partial charge in [0.25, 0.3) is 0 Å². The number of anilines is 1. The minimum atomic E-state index is -0.0725. The van der Waals surface area contributed by atoms with Gasteiger partial charge in [0.05, 0.1) is 0 Å². The highest BCUT2D eigenvalue weighted by Gasteiger charge is 2.37. The summed E-state index contributed by atoms with van der Waals surface area (Å²) in [4.78, 5) is 20.2. The molecule has 1 saturated heterocycles. The molecule has 1 aliphatic rings. The number of rotatable bonds is 2. The Hall–Kier alpha value is -1.58. The molecule has 0 radical (unpaired) electrons. The lowest BCUT2D eigenvalue weighted by atomic mass is 9.96. The van der Waals surface area contributed by atoms with Gasteiger partial charge in [-0.15, -0.1) is 0 Å². The van der Waals surface area contributed by atoms with Crippen molar-refractivity contribution in [3.05, 3.63) is 23.9 Å². The van der Waals surface area contributed by atoms with Crippen LogP contribution in [0.2, 0.25) is 0 Å². The van der Waals surface area contributed by atoms with Crippen molar-refractivity contribution in [1.82, 2.24) is 9.88 Å². The monoisotopic (exact) mass is 247 g/mol. The molecular formula is C14H21N3O. The molecule has 1 aliphatic heterocycles. The van der Waals surface area contributed by atoms with E-state index >= 15 is 0 Å². The van der Waals surface area contributed by atoms with Gasteiger partial charge in [-0.25, -0.2) is 9.78 Å². The first-order valence-electron chi connectivity index (χ1n) is 6.46. The Morgan fingerprint density at radius 3 is 2.67 bits per heavy atom. The summed E-state index contributed by atoms with van der Waals surface area (Å²) in [6.45, 7) is 7.01. The number of nitrogens with zero attached hydrogens (tertiary/aromatic N) is 3. The summed E-state index contributed by atoms with van der Waals surface area (Å²) in [5, 5.41) is 0. The first kappa shape index (κ1) is 12.9.